The second kappa shape index (κ2) is 8.66. The van der Waals surface area contributed by atoms with Crippen LogP contribution >= 0.6 is 23.0 Å². The smallest absolute Gasteiger partial charge is 0.390 e. The lowest BCUT2D eigenvalue weighted by molar-refractivity contribution is -0.0448. The molecule has 0 aliphatic carbocycles. The zero-order chi connectivity index (χ0) is 22.2. The molecule has 1 fully saturated rings. The Morgan fingerprint density at radius 2 is 1.86 bits per heavy atom. The van der Waals surface area contributed by atoms with Crippen molar-refractivity contribution in [3.63, 3.8) is 0 Å². The maximum Gasteiger partial charge on any atom is 0.479 e. The third kappa shape index (κ3) is 7.06. The van der Waals surface area contributed by atoms with Gasteiger partial charge in [-0.1, -0.05) is 0 Å². The van der Waals surface area contributed by atoms with E-state index in [9.17, 15) is 38.2 Å². The van der Waals surface area contributed by atoms with E-state index in [4.69, 9.17) is 14.5 Å². The van der Waals surface area contributed by atoms with Gasteiger partial charge >= 0.3 is 28.7 Å². The van der Waals surface area contributed by atoms with E-state index in [1.54, 1.807) is 0 Å². The summed E-state index contributed by atoms with van der Waals surface area (Å²) in [5.74, 6) is -1.70. The molecule has 1 aliphatic rings. The quantitative estimate of drug-likeness (QED) is 0.244. The highest BCUT2D eigenvalue weighted by atomic mass is 31.3. The van der Waals surface area contributed by atoms with E-state index in [2.05, 4.69) is 8.83 Å². The van der Waals surface area contributed by atoms with Gasteiger partial charge in [0.15, 0.2) is 5.90 Å². The fourth-order valence-corrected chi connectivity index (χ4v) is 6.79. The van der Waals surface area contributed by atoms with Gasteiger partial charge in [-0.25, -0.2) is 13.7 Å². The average molecular weight is 480 g/mol. The van der Waals surface area contributed by atoms with Crippen LogP contribution in [0, 0.1) is 6.92 Å². The van der Waals surface area contributed by atoms with Gasteiger partial charge in [-0.3, -0.25) is 28.0 Å². The standard InChI is InChI=1S/C11H19N2O13P3/c1-6-3-13(11(16)12-10(6)15)9-2-7(14)8(25-9)4-24-29(22,23)26-28(20,21)5-27(17,18)19/h3,7-9,14H,2,4-5H2,1H3,(H,20,21)(H,22,23)(H,12,15,16)(H2,17,18,19)/t7-,8-,9-/m1/s1. The number of hydrogen-bond acceptors (Lipinski definition) is 9. The van der Waals surface area contributed by atoms with Crippen molar-refractivity contribution in [1.82, 2.24) is 9.55 Å². The summed E-state index contributed by atoms with van der Waals surface area (Å²) >= 11 is 0. The summed E-state index contributed by atoms with van der Waals surface area (Å²) in [7, 11) is -15.5. The SMILES string of the molecule is Cc1cn([C@H]2C[C@@H](O)[C@@H](COP(=O)(O)OP(=O)(O)CP(=O)(O)O)O2)c(=O)[nH]c1=O. The number of aryl methyl sites for hydroxylation is 1. The predicted octanol–water partition coefficient (Wildman–Crippen LogP) is -1.05. The van der Waals surface area contributed by atoms with Crippen LogP contribution in [0.2, 0.25) is 0 Å². The Balaban J connectivity index is 2.03. The molecule has 1 aliphatic heterocycles. The Morgan fingerprint density at radius 3 is 2.45 bits per heavy atom. The van der Waals surface area contributed by atoms with Gasteiger partial charge in [-0.15, -0.1) is 0 Å². The summed E-state index contributed by atoms with van der Waals surface area (Å²) in [6.45, 7) is 0.614. The second-order valence-corrected chi connectivity index (χ2v) is 11.8. The minimum absolute atomic E-state index is 0.146. The molecule has 0 radical (unpaired) electrons. The summed E-state index contributed by atoms with van der Waals surface area (Å²) < 4.78 is 48.8. The van der Waals surface area contributed by atoms with Crippen molar-refractivity contribution in [2.45, 2.75) is 31.8 Å². The van der Waals surface area contributed by atoms with Crippen LogP contribution in [0.5, 0.6) is 0 Å². The van der Waals surface area contributed by atoms with Crippen LogP contribution in [0.4, 0.5) is 0 Å². The molecule has 18 heteroatoms. The number of H-pyrrole nitrogens is 1. The summed E-state index contributed by atoms with van der Waals surface area (Å²) in [5.41, 5.74) is -1.22. The van der Waals surface area contributed by atoms with Crippen molar-refractivity contribution in [3.8, 4) is 0 Å². The van der Waals surface area contributed by atoms with Crippen LogP contribution in [0.15, 0.2) is 15.8 Å². The van der Waals surface area contributed by atoms with Crippen molar-refractivity contribution in [2.75, 3.05) is 12.5 Å². The number of nitrogens with one attached hydrogen (secondary N) is 1. The van der Waals surface area contributed by atoms with Gasteiger partial charge in [-0.05, 0) is 6.92 Å². The zero-order valence-electron chi connectivity index (χ0n) is 14.7. The largest absolute Gasteiger partial charge is 0.479 e. The molecule has 5 atom stereocenters. The molecule has 1 saturated heterocycles. The van der Waals surface area contributed by atoms with E-state index in [1.165, 1.54) is 13.1 Å². The highest BCUT2D eigenvalue weighted by Gasteiger charge is 2.41. The van der Waals surface area contributed by atoms with Gasteiger partial charge < -0.3 is 29.4 Å². The van der Waals surface area contributed by atoms with E-state index in [0.29, 0.717) is 0 Å². The van der Waals surface area contributed by atoms with Crippen LogP contribution < -0.4 is 11.2 Å². The number of aromatic nitrogens is 2. The third-order valence-corrected chi connectivity index (χ3v) is 8.88. The zero-order valence-corrected chi connectivity index (χ0v) is 17.4. The molecule has 2 heterocycles. The summed E-state index contributed by atoms with van der Waals surface area (Å²) in [6, 6.07) is 0. The Bertz CT molecular complexity index is 1010. The van der Waals surface area contributed by atoms with Crippen LogP contribution in [0.1, 0.15) is 18.2 Å². The molecular formula is C11H19N2O13P3. The van der Waals surface area contributed by atoms with Gasteiger partial charge in [-0.2, -0.15) is 0 Å². The number of hydrogen-bond donors (Lipinski definition) is 6. The summed E-state index contributed by atoms with van der Waals surface area (Å²) in [4.78, 5) is 61.4. The molecule has 0 spiro atoms. The number of aliphatic hydroxyl groups is 1. The summed E-state index contributed by atoms with van der Waals surface area (Å²) in [6.07, 6.45) is -2.53. The number of phosphoric acid groups is 1. The Kier molecular flexibility index (Phi) is 7.26. The maximum absolute atomic E-state index is 11.9. The minimum atomic E-state index is -5.26. The molecule has 0 saturated carbocycles. The normalized spacial score (nSPS) is 26.8. The molecule has 0 aromatic carbocycles. The van der Waals surface area contributed by atoms with Crippen molar-refractivity contribution >= 4 is 23.0 Å². The van der Waals surface area contributed by atoms with Gasteiger partial charge in [0, 0.05) is 18.2 Å². The first-order chi connectivity index (χ1) is 13.1. The first-order valence-corrected chi connectivity index (χ1v) is 12.8. The lowest BCUT2D eigenvalue weighted by atomic mass is 10.2. The predicted molar refractivity (Wildman–Crippen MR) is 94.2 cm³/mol. The average Bonchev–Trinajstić information content (AvgIpc) is 2.86. The summed E-state index contributed by atoms with van der Waals surface area (Å²) in [5, 5.41) is 10.0. The fraction of sp³-hybridized carbons (Fsp3) is 0.636. The Labute approximate surface area is 162 Å². The highest BCUT2D eigenvalue weighted by Crippen LogP contribution is 2.65. The molecule has 15 nitrogen and oxygen atoms in total. The molecule has 6 N–H and O–H groups in total. The van der Waals surface area contributed by atoms with Gasteiger partial charge in [0.1, 0.15) is 12.3 Å². The number of phosphoric ester groups is 1. The van der Waals surface area contributed by atoms with E-state index in [1.807, 2.05) is 4.98 Å². The van der Waals surface area contributed by atoms with Gasteiger partial charge in [0.25, 0.3) is 5.56 Å². The molecular weight excluding hydrogens is 461 g/mol. The van der Waals surface area contributed by atoms with E-state index in [0.717, 1.165) is 4.57 Å². The van der Waals surface area contributed by atoms with Crippen LogP contribution in [0.3, 0.4) is 0 Å². The number of aliphatic hydroxyl groups excluding tert-OH is 1. The number of aromatic amines is 1. The van der Waals surface area contributed by atoms with E-state index in [-0.39, 0.29) is 12.0 Å². The topological polar surface area (TPSA) is 235 Å². The molecule has 166 valence electrons. The molecule has 29 heavy (non-hydrogen) atoms. The first kappa shape index (κ1) is 24.3. The number of ether oxygens (including phenoxy) is 1. The minimum Gasteiger partial charge on any atom is -0.390 e. The van der Waals surface area contributed by atoms with Crippen LogP contribution in [0.25, 0.3) is 0 Å². The monoisotopic (exact) mass is 480 g/mol. The molecule has 2 unspecified atom stereocenters. The molecule has 1 aromatic rings. The fourth-order valence-electron chi connectivity index (χ4n) is 2.45. The van der Waals surface area contributed by atoms with Crippen LogP contribution in [-0.2, 0) is 27.3 Å². The maximum atomic E-state index is 11.9. The number of rotatable bonds is 8. The van der Waals surface area contributed by atoms with E-state index < -0.39 is 65.2 Å². The number of nitrogens with zero attached hydrogens (tertiary/aromatic N) is 1. The lowest BCUT2D eigenvalue weighted by Crippen LogP contribution is -2.33. The Morgan fingerprint density at radius 1 is 1.24 bits per heavy atom. The lowest BCUT2D eigenvalue weighted by Gasteiger charge is -2.20. The van der Waals surface area contributed by atoms with Crippen molar-refractivity contribution in [3.05, 3.63) is 32.6 Å². The van der Waals surface area contributed by atoms with Gasteiger partial charge in [0.2, 0.25) is 0 Å². The van der Waals surface area contributed by atoms with Crippen molar-refractivity contribution < 1.29 is 51.9 Å². The first-order valence-electron chi connectivity index (χ1n) is 7.79. The highest BCUT2D eigenvalue weighted by molar-refractivity contribution is 7.73. The molecule has 1 aromatic heterocycles. The molecule has 0 bridgehead atoms. The molecule has 2 rings (SSSR count). The second-order valence-electron chi connectivity index (χ2n) is 6.20. The third-order valence-electron chi connectivity index (χ3n) is 3.66. The van der Waals surface area contributed by atoms with E-state index >= 15 is 0 Å². The van der Waals surface area contributed by atoms with Crippen LogP contribution in [-0.4, -0.2) is 58.9 Å². The van der Waals surface area contributed by atoms with Crippen molar-refractivity contribution in [1.29, 1.82) is 0 Å². The van der Waals surface area contributed by atoms with Gasteiger partial charge in [0.05, 0.1) is 12.7 Å². The molecule has 0 amide bonds. The van der Waals surface area contributed by atoms with Crippen molar-refractivity contribution in [2.24, 2.45) is 0 Å². The Hall–Kier alpha value is -0.950.